The number of hydrogen-bond donors (Lipinski definition) is 0. The quantitative estimate of drug-likeness (QED) is 0.697. The SMILES string of the molecule is CCN(Cc1nc(COC)no1)C(=O)c1ccc2ccccn12. The lowest BCUT2D eigenvalue weighted by Gasteiger charge is -2.18. The van der Waals surface area contributed by atoms with Gasteiger partial charge in [0.2, 0.25) is 5.89 Å². The molecule has 7 heteroatoms. The molecule has 0 N–H and O–H groups in total. The normalized spacial score (nSPS) is 11.0. The molecule has 0 fully saturated rings. The van der Waals surface area contributed by atoms with Gasteiger partial charge in [-0.05, 0) is 31.2 Å². The van der Waals surface area contributed by atoms with Gasteiger partial charge in [0.25, 0.3) is 5.91 Å². The van der Waals surface area contributed by atoms with Crippen molar-refractivity contribution in [1.29, 1.82) is 0 Å². The van der Waals surface area contributed by atoms with Crippen molar-refractivity contribution in [2.45, 2.75) is 20.1 Å². The Labute approximate surface area is 133 Å². The molecule has 3 aromatic heterocycles. The highest BCUT2D eigenvalue weighted by Gasteiger charge is 2.20. The number of amides is 1. The van der Waals surface area contributed by atoms with Gasteiger partial charge >= 0.3 is 0 Å². The molecule has 3 rings (SSSR count). The zero-order valence-electron chi connectivity index (χ0n) is 13.1. The molecule has 0 aliphatic heterocycles. The van der Waals surface area contributed by atoms with Gasteiger partial charge in [-0.25, -0.2) is 0 Å². The summed E-state index contributed by atoms with van der Waals surface area (Å²) < 4.78 is 12.0. The average Bonchev–Trinajstić information content (AvgIpc) is 3.19. The predicted octanol–water partition coefficient (Wildman–Crippen LogP) is 2.13. The van der Waals surface area contributed by atoms with Crippen LogP contribution >= 0.6 is 0 Å². The van der Waals surface area contributed by atoms with E-state index in [1.54, 1.807) is 12.0 Å². The van der Waals surface area contributed by atoms with Gasteiger partial charge < -0.3 is 18.6 Å². The molecule has 0 aliphatic rings. The summed E-state index contributed by atoms with van der Waals surface area (Å²) in [4.78, 5) is 18.7. The third-order valence-corrected chi connectivity index (χ3v) is 3.56. The van der Waals surface area contributed by atoms with Crippen molar-refractivity contribution in [2.24, 2.45) is 0 Å². The fraction of sp³-hybridized carbons (Fsp3) is 0.312. The molecule has 1 amide bonds. The van der Waals surface area contributed by atoms with E-state index in [4.69, 9.17) is 9.26 Å². The van der Waals surface area contributed by atoms with Crippen LogP contribution in [0.1, 0.15) is 29.1 Å². The zero-order valence-corrected chi connectivity index (χ0v) is 13.1. The Balaban J connectivity index is 1.80. The van der Waals surface area contributed by atoms with Gasteiger partial charge in [-0.15, -0.1) is 0 Å². The van der Waals surface area contributed by atoms with Crippen molar-refractivity contribution in [3.05, 3.63) is 53.9 Å². The first-order valence-corrected chi connectivity index (χ1v) is 7.38. The standard InChI is InChI=1S/C16H18N4O3/c1-3-19(10-15-17-14(11-22-2)18-23-15)16(21)13-8-7-12-6-4-5-9-20(12)13/h4-9H,3,10-11H2,1-2H3. The summed E-state index contributed by atoms with van der Waals surface area (Å²) in [7, 11) is 1.57. The highest BCUT2D eigenvalue weighted by atomic mass is 16.5. The number of carbonyl (C=O) groups excluding carboxylic acids is 1. The Morgan fingerprint density at radius 2 is 2.22 bits per heavy atom. The van der Waals surface area contributed by atoms with Crippen molar-refractivity contribution < 1.29 is 14.1 Å². The maximum Gasteiger partial charge on any atom is 0.271 e. The topological polar surface area (TPSA) is 72.9 Å². The molecule has 0 saturated carbocycles. The molecule has 0 spiro atoms. The molecule has 0 aromatic carbocycles. The van der Waals surface area contributed by atoms with E-state index in [0.29, 0.717) is 24.0 Å². The fourth-order valence-corrected chi connectivity index (χ4v) is 2.43. The van der Waals surface area contributed by atoms with E-state index in [9.17, 15) is 4.79 Å². The number of aromatic nitrogens is 3. The molecule has 0 bridgehead atoms. The zero-order chi connectivity index (χ0) is 16.2. The summed E-state index contributed by atoms with van der Waals surface area (Å²) >= 11 is 0. The maximum absolute atomic E-state index is 12.8. The van der Waals surface area contributed by atoms with Crippen LogP contribution in [0, 0.1) is 0 Å². The predicted molar refractivity (Wildman–Crippen MR) is 82.8 cm³/mol. The van der Waals surface area contributed by atoms with Crippen molar-refractivity contribution in [1.82, 2.24) is 19.4 Å². The summed E-state index contributed by atoms with van der Waals surface area (Å²) in [5.41, 5.74) is 1.59. The number of carbonyl (C=O) groups is 1. The smallest absolute Gasteiger partial charge is 0.271 e. The second-order valence-corrected chi connectivity index (χ2v) is 5.07. The largest absolute Gasteiger partial charge is 0.377 e. The minimum Gasteiger partial charge on any atom is -0.377 e. The summed E-state index contributed by atoms with van der Waals surface area (Å²) in [6, 6.07) is 9.54. The lowest BCUT2D eigenvalue weighted by atomic mass is 10.3. The molecule has 3 heterocycles. The highest BCUT2D eigenvalue weighted by Crippen LogP contribution is 2.14. The molecule has 120 valence electrons. The van der Waals surface area contributed by atoms with Crippen LogP contribution in [0.5, 0.6) is 0 Å². The number of methoxy groups -OCH3 is 1. The van der Waals surface area contributed by atoms with Crippen LogP contribution in [0.3, 0.4) is 0 Å². The van der Waals surface area contributed by atoms with E-state index >= 15 is 0 Å². The number of hydrogen-bond acceptors (Lipinski definition) is 5. The molecule has 0 unspecified atom stereocenters. The Hall–Kier alpha value is -2.67. The average molecular weight is 314 g/mol. The molecule has 0 saturated heterocycles. The van der Waals surface area contributed by atoms with Crippen LogP contribution < -0.4 is 0 Å². The highest BCUT2D eigenvalue weighted by molar-refractivity contribution is 5.94. The Morgan fingerprint density at radius 3 is 3.00 bits per heavy atom. The Bertz CT molecular complexity index is 808. The van der Waals surface area contributed by atoms with Crippen LogP contribution in [-0.2, 0) is 17.9 Å². The molecule has 23 heavy (non-hydrogen) atoms. The first-order valence-electron chi connectivity index (χ1n) is 7.38. The molecule has 0 aliphatic carbocycles. The van der Waals surface area contributed by atoms with E-state index in [1.165, 1.54) is 0 Å². The summed E-state index contributed by atoms with van der Waals surface area (Å²) in [5, 5.41) is 3.81. The van der Waals surface area contributed by atoms with Crippen LogP contribution in [0.25, 0.3) is 5.52 Å². The van der Waals surface area contributed by atoms with E-state index < -0.39 is 0 Å². The second kappa shape index (κ2) is 6.62. The first-order chi connectivity index (χ1) is 11.2. The van der Waals surface area contributed by atoms with Crippen molar-refractivity contribution in [3.63, 3.8) is 0 Å². The van der Waals surface area contributed by atoms with Gasteiger partial charge in [0.1, 0.15) is 18.8 Å². The lowest BCUT2D eigenvalue weighted by molar-refractivity contribution is 0.0727. The van der Waals surface area contributed by atoms with E-state index in [1.807, 2.05) is 47.9 Å². The first kappa shape index (κ1) is 15.2. The fourth-order valence-electron chi connectivity index (χ4n) is 2.43. The molecule has 0 atom stereocenters. The monoisotopic (exact) mass is 314 g/mol. The van der Waals surface area contributed by atoms with E-state index in [0.717, 1.165) is 5.52 Å². The number of nitrogens with zero attached hydrogens (tertiary/aromatic N) is 4. The number of fused-ring (bicyclic) bond motifs is 1. The van der Waals surface area contributed by atoms with Gasteiger partial charge in [0, 0.05) is 25.4 Å². The van der Waals surface area contributed by atoms with Crippen LogP contribution in [0.2, 0.25) is 0 Å². The summed E-state index contributed by atoms with van der Waals surface area (Å²) in [5.74, 6) is 0.789. The number of ether oxygens (including phenoxy) is 1. The summed E-state index contributed by atoms with van der Waals surface area (Å²) in [6.07, 6.45) is 1.87. The van der Waals surface area contributed by atoms with Crippen molar-refractivity contribution in [2.75, 3.05) is 13.7 Å². The molecule has 0 radical (unpaired) electrons. The van der Waals surface area contributed by atoms with Crippen LogP contribution in [0.4, 0.5) is 0 Å². The minimum atomic E-state index is -0.0785. The van der Waals surface area contributed by atoms with Gasteiger partial charge in [0.15, 0.2) is 5.82 Å². The number of rotatable bonds is 6. The summed E-state index contributed by atoms with van der Waals surface area (Å²) in [6.45, 7) is 3.01. The third-order valence-electron chi connectivity index (χ3n) is 3.56. The van der Waals surface area contributed by atoms with Crippen LogP contribution in [0.15, 0.2) is 41.1 Å². The van der Waals surface area contributed by atoms with Crippen molar-refractivity contribution in [3.8, 4) is 0 Å². The van der Waals surface area contributed by atoms with E-state index in [-0.39, 0.29) is 19.1 Å². The Morgan fingerprint density at radius 1 is 1.35 bits per heavy atom. The van der Waals surface area contributed by atoms with E-state index in [2.05, 4.69) is 10.1 Å². The molecule has 3 aromatic rings. The third kappa shape index (κ3) is 3.09. The van der Waals surface area contributed by atoms with Gasteiger partial charge in [-0.1, -0.05) is 11.2 Å². The van der Waals surface area contributed by atoms with Crippen molar-refractivity contribution >= 4 is 11.4 Å². The van der Waals surface area contributed by atoms with Gasteiger partial charge in [0.05, 0.1) is 0 Å². The minimum absolute atomic E-state index is 0.0785. The van der Waals surface area contributed by atoms with Gasteiger partial charge in [-0.2, -0.15) is 4.98 Å². The molecular formula is C16H18N4O3. The van der Waals surface area contributed by atoms with Gasteiger partial charge in [-0.3, -0.25) is 4.79 Å². The molecular weight excluding hydrogens is 296 g/mol. The number of pyridine rings is 1. The Kier molecular flexibility index (Phi) is 4.38. The lowest BCUT2D eigenvalue weighted by Crippen LogP contribution is -2.31. The maximum atomic E-state index is 12.8. The molecule has 7 nitrogen and oxygen atoms in total. The van der Waals surface area contributed by atoms with Crippen LogP contribution in [-0.4, -0.2) is 39.0 Å². The second-order valence-electron chi connectivity index (χ2n) is 5.07.